The third-order valence-corrected chi connectivity index (χ3v) is 7.74. The Morgan fingerprint density at radius 3 is 2.30 bits per heavy atom. The van der Waals surface area contributed by atoms with Crippen LogP contribution in [0.1, 0.15) is 23.2 Å². The van der Waals surface area contributed by atoms with Gasteiger partial charge in [0.2, 0.25) is 10.0 Å². The van der Waals surface area contributed by atoms with Crippen molar-refractivity contribution in [3.05, 3.63) is 64.7 Å². The number of piperidine rings is 1. The molecule has 0 saturated carbocycles. The Kier molecular flexibility index (Phi) is 5.56. The van der Waals surface area contributed by atoms with Crippen molar-refractivity contribution < 1.29 is 26.7 Å². The monoisotopic (exact) mass is 456 g/mol. The van der Waals surface area contributed by atoms with Gasteiger partial charge in [-0.15, -0.1) is 0 Å². The van der Waals surface area contributed by atoms with E-state index in [-0.39, 0.29) is 49.5 Å². The number of amides is 1. The predicted molar refractivity (Wildman–Crippen MR) is 106 cm³/mol. The maximum absolute atomic E-state index is 13.5. The van der Waals surface area contributed by atoms with E-state index in [0.29, 0.717) is 5.02 Å². The Balaban J connectivity index is 1.52. The van der Waals surface area contributed by atoms with Crippen LogP contribution in [0.15, 0.2) is 47.4 Å². The second kappa shape index (κ2) is 7.88. The molecule has 160 valence electrons. The lowest BCUT2D eigenvalue weighted by Gasteiger charge is -2.42. The van der Waals surface area contributed by atoms with E-state index < -0.39 is 33.3 Å². The van der Waals surface area contributed by atoms with Gasteiger partial charge >= 0.3 is 0 Å². The van der Waals surface area contributed by atoms with Gasteiger partial charge in [-0.1, -0.05) is 11.6 Å². The Bertz CT molecular complexity index is 1070. The molecular weight excluding hydrogens is 438 g/mol. The van der Waals surface area contributed by atoms with Crippen LogP contribution in [0.5, 0.6) is 0 Å². The molecule has 30 heavy (non-hydrogen) atoms. The number of benzene rings is 2. The minimum atomic E-state index is -3.81. The fourth-order valence-corrected chi connectivity index (χ4v) is 5.78. The zero-order valence-corrected chi connectivity index (χ0v) is 17.4. The van der Waals surface area contributed by atoms with E-state index >= 15 is 0 Å². The molecule has 4 rings (SSSR count). The summed E-state index contributed by atoms with van der Waals surface area (Å²) in [7, 11) is -3.81. The van der Waals surface area contributed by atoms with Crippen LogP contribution in [0.4, 0.5) is 8.78 Å². The van der Waals surface area contributed by atoms with E-state index in [1.54, 1.807) is 0 Å². The standard InChI is InChI=1S/C20H19ClF2N2O4S/c21-15-2-4-16(5-3-15)30(27,28)25-11-12-29-20(25)7-9-24(10-8-20)19(26)14-1-6-17(22)18(23)13-14/h1-6,13H,7-12H2. The molecule has 1 amide bonds. The van der Waals surface area contributed by atoms with Crippen molar-refractivity contribution in [2.24, 2.45) is 0 Å². The highest BCUT2D eigenvalue weighted by Gasteiger charge is 2.51. The van der Waals surface area contributed by atoms with Crippen LogP contribution in [-0.2, 0) is 14.8 Å². The molecule has 2 saturated heterocycles. The molecule has 2 heterocycles. The molecule has 0 aromatic heterocycles. The second-order valence-corrected chi connectivity index (χ2v) is 9.55. The SMILES string of the molecule is O=C(c1ccc(F)c(F)c1)N1CCC2(CC1)OCCN2S(=O)(=O)c1ccc(Cl)cc1. The van der Waals surface area contributed by atoms with Gasteiger partial charge in [-0.2, -0.15) is 4.31 Å². The molecule has 0 atom stereocenters. The summed E-state index contributed by atoms with van der Waals surface area (Å²) in [4.78, 5) is 14.3. The van der Waals surface area contributed by atoms with E-state index in [1.165, 1.54) is 39.5 Å². The van der Waals surface area contributed by atoms with Crippen molar-refractivity contribution in [1.29, 1.82) is 0 Å². The van der Waals surface area contributed by atoms with Crippen molar-refractivity contribution >= 4 is 27.5 Å². The molecule has 0 radical (unpaired) electrons. The van der Waals surface area contributed by atoms with Crippen molar-refractivity contribution in [3.63, 3.8) is 0 Å². The van der Waals surface area contributed by atoms with Crippen LogP contribution in [0.3, 0.4) is 0 Å². The second-order valence-electron chi connectivity index (χ2n) is 7.25. The number of halogens is 3. The maximum atomic E-state index is 13.5. The zero-order chi connectivity index (χ0) is 21.5. The van der Waals surface area contributed by atoms with Gasteiger partial charge in [0.15, 0.2) is 11.6 Å². The summed E-state index contributed by atoms with van der Waals surface area (Å²) in [6.07, 6.45) is 0.546. The van der Waals surface area contributed by atoms with Crippen molar-refractivity contribution in [2.75, 3.05) is 26.2 Å². The number of likely N-dealkylation sites (tertiary alicyclic amines) is 1. The van der Waals surface area contributed by atoms with Gasteiger partial charge in [0, 0.05) is 43.1 Å². The third-order valence-electron chi connectivity index (χ3n) is 5.52. The first-order valence-corrected chi connectivity index (χ1v) is 11.2. The molecule has 2 aromatic rings. The van der Waals surface area contributed by atoms with Gasteiger partial charge in [0.05, 0.1) is 11.5 Å². The van der Waals surface area contributed by atoms with Crippen LogP contribution in [0.2, 0.25) is 5.02 Å². The molecule has 0 aliphatic carbocycles. The Morgan fingerprint density at radius 2 is 1.67 bits per heavy atom. The Morgan fingerprint density at radius 1 is 1.00 bits per heavy atom. The minimum absolute atomic E-state index is 0.0443. The highest BCUT2D eigenvalue weighted by Crippen LogP contribution is 2.38. The van der Waals surface area contributed by atoms with E-state index in [9.17, 15) is 22.0 Å². The van der Waals surface area contributed by atoms with Gasteiger partial charge in [-0.25, -0.2) is 17.2 Å². The first-order chi connectivity index (χ1) is 14.2. The van der Waals surface area contributed by atoms with Crippen molar-refractivity contribution in [2.45, 2.75) is 23.5 Å². The van der Waals surface area contributed by atoms with Crippen LogP contribution in [0, 0.1) is 11.6 Å². The summed E-state index contributed by atoms with van der Waals surface area (Å²) in [5.41, 5.74) is -0.994. The lowest BCUT2D eigenvalue weighted by molar-refractivity contribution is -0.0857. The topological polar surface area (TPSA) is 66.9 Å². The lowest BCUT2D eigenvalue weighted by atomic mass is 10.00. The smallest absolute Gasteiger partial charge is 0.253 e. The number of carbonyl (C=O) groups excluding carboxylic acids is 1. The lowest BCUT2D eigenvalue weighted by Crippen LogP contribution is -2.55. The number of nitrogens with zero attached hydrogens (tertiary/aromatic N) is 2. The molecule has 1 spiro atoms. The minimum Gasteiger partial charge on any atom is -0.358 e. The van der Waals surface area contributed by atoms with Gasteiger partial charge < -0.3 is 9.64 Å². The summed E-state index contributed by atoms with van der Waals surface area (Å²) >= 11 is 5.86. The first-order valence-electron chi connectivity index (χ1n) is 9.40. The predicted octanol–water partition coefficient (Wildman–Crippen LogP) is 3.27. The number of sulfonamides is 1. The maximum Gasteiger partial charge on any atom is 0.253 e. The summed E-state index contributed by atoms with van der Waals surface area (Å²) in [6.45, 7) is 0.918. The van der Waals surface area contributed by atoms with Gasteiger partial charge in [0.1, 0.15) is 5.72 Å². The summed E-state index contributed by atoms with van der Waals surface area (Å²) in [6, 6.07) is 8.94. The normalized spacial score (nSPS) is 19.4. The molecule has 10 heteroatoms. The largest absolute Gasteiger partial charge is 0.358 e. The number of rotatable bonds is 3. The van der Waals surface area contributed by atoms with Crippen molar-refractivity contribution in [3.8, 4) is 0 Å². The molecule has 2 fully saturated rings. The molecule has 2 aliphatic rings. The van der Waals surface area contributed by atoms with Crippen LogP contribution < -0.4 is 0 Å². The highest BCUT2D eigenvalue weighted by atomic mass is 35.5. The van der Waals surface area contributed by atoms with E-state index in [4.69, 9.17) is 16.3 Å². The average molecular weight is 457 g/mol. The van der Waals surface area contributed by atoms with E-state index in [2.05, 4.69) is 0 Å². The van der Waals surface area contributed by atoms with Gasteiger partial charge in [0.25, 0.3) is 5.91 Å². The average Bonchev–Trinajstić information content (AvgIpc) is 3.14. The van der Waals surface area contributed by atoms with Crippen LogP contribution in [0.25, 0.3) is 0 Å². The van der Waals surface area contributed by atoms with Crippen molar-refractivity contribution in [1.82, 2.24) is 9.21 Å². The Hall–Kier alpha value is -2.07. The number of carbonyl (C=O) groups is 1. The first kappa shape index (κ1) is 21.2. The quantitative estimate of drug-likeness (QED) is 0.711. The molecule has 0 N–H and O–H groups in total. The van der Waals surface area contributed by atoms with E-state index in [0.717, 1.165) is 12.1 Å². The summed E-state index contributed by atoms with van der Waals surface area (Å²) < 4.78 is 60.2. The van der Waals surface area contributed by atoms with Crippen LogP contribution in [-0.4, -0.2) is 55.5 Å². The molecule has 0 unspecified atom stereocenters. The van der Waals surface area contributed by atoms with E-state index in [1.807, 2.05) is 0 Å². The third kappa shape index (κ3) is 3.71. The molecule has 2 aliphatic heterocycles. The molecule has 2 aromatic carbocycles. The fraction of sp³-hybridized carbons (Fsp3) is 0.350. The summed E-state index contributed by atoms with van der Waals surface area (Å²) in [5.74, 6) is -2.55. The zero-order valence-electron chi connectivity index (χ0n) is 15.9. The number of hydrogen-bond donors (Lipinski definition) is 0. The Labute approximate surface area is 178 Å². The molecule has 0 bridgehead atoms. The number of hydrogen-bond acceptors (Lipinski definition) is 4. The number of ether oxygens (including phenoxy) is 1. The van der Waals surface area contributed by atoms with Gasteiger partial charge in [-0.3, -0.25) is 4.79 Å². The summed E-state index contributed by atoms with van der Waals surface area (Å²) in [5, 5.41) is 0.436. The van der Waals surface area contributed by atoms with Gasteiger partial charge in [-0.05, 0) is 42.5 Å². The highest BCUT2D eigenvalue weighted by molar-refractivity contribution is 7.89. The van der Waals surface area contributed by atoms with Crippen LogP contribution >= 0.6 is 11.6 Å². The fourth-order valence-electron chi connectivity index (χ4n) is 3.93. The molecule has 6 nitrogen and oxygen atoms in total. The molecular formula is C20H19ClF2N2O4S.